The SMILES string of the molecule is CCCCCCCOC(=O)CCCCC(=O)OCCC(C)C. The fourth-order valence-electron chi connectivity index (χ4n) is 1.98. The summed E-state index contributed by atoms with van der Waals surface area (Å²) >= 11 is 0. The molecule has 0 aliphatic rings. The third-order valence-electron chi connectivity index (χ3n) is 3.48. The van der Waals surface area contributed by atoms with Gasteiger partial charge < -0.3 is 9.47 Å². The smallest absolute Gasteiger partial charge is 0.305 e. The van der Waals surface area contributed by atoms with Crippen molar-refractivity contribution in [1.82, 2.24) is 0 Å². The lowest BCUT2D eigenvalue weighted by Crippen LogP contribution is -2.08. The zero-order valence-electron chi connectivity index (χ0n) is 14.7. The van der Waals surface area contributed by atoms with Gasteiger partial charge in [-0.2, -0.15) is 0 Å². The molecular weight excluding hydrogens is 280 g/mol. The van der Waals surface area contributed by atoms with Crippen LogP contribution in [0, 0.1) is 5.92 Å². The van der Waals surface area contributed by atoms with Gasteiger partial charge in [-0.05, 0) is 31.6 Å². The minimum absolute atomic E-state index is 0.149. The average molecular weight is 314 g/mol. The molecule has 0 rings (SSSR count). The number of esters is 2. The van der Waals surface area contributed by atoms with Gasteiger partial charge in [-0.15, -0.1) is 0 Å². The molecule has 22 heavy (non-hydrogen) atoms. The summed E-state index contributed by atoms with van der Waals surface area (Å²) in [7, 11) is 0. The fourth-order valence-corrected chi connectivity index (χ4v) is 1.98. The fraction of sp³-hybridized carbons (Fsp3) is 0.889. The third-order valence-corrected chi connectivity index (χ3v) is 3.48. The maximum Gasteiger partial charge on any atom is 0.305 e. The van der Waals surface area contributed by atoms with E-state index in [1.807, 2.05) is 0 Å². The summed E-state index contributed by atoms with van der Waals surface area (Å²) in [5.41, 5.74) is 0. The van der Waals surface area contributed by atoms with Gasteiger partial charge >= 0.3 is 11.9 Å². The highest BCUT2D eigenvalue weighted by molar-refractivity contribution is 5.70. The Labute approximate surface area is 135 Å². The minimum atomic E-state index is -0.162. The number of carbonyl (C=O) groups is 2. The van der Waals surface area contributed by atoms with Crippen LogP contribution in [-0.2, 0) is 19.1 Å². The molecule has 0 amide bonds. The van der Waals surface area contributed by atoms with E-state index < -0.39 is 0 Å². The van der Waals surface area contributed by atoms with Gasteiger partial charge in [-0.1, -0.05) is 46.5 Å². The highest BCUT2D eigenvalue weighted by Gasteiger charge is 2.06. The van der Waals surface area contributed by atoms with Crippen LogP contribution in [0.1, 0.15) is 85.0 Å². The van der Waals surface area contributed by atoms with Gasteiger partial charge in [0.25, 0.3) is 0 Å². The molecule has 0 aliphatic heterocycles. The maximum atomic E-state index is 11.5. The largest absolute Gasteiger partial charge is 0.466 e. The van der Waals surface area contributed by atoms with Crippen molar-refractivity contribution in [1.29, 1.82) is 0 Å². The molecule has 0 aromatic rings. The Bertz CT molecular complexity index is 287. The van der Waals surface area contributed by atoms with Gasteiger partial charge in [0, 0.05) is 12.8 Å². The second kappa shape index (κ2) is 14.9. The topological polar surface area (TPSA) is 52.6 Å². The van der Waals surface area contributed by atoms with Gasteiger partial charge in [0.05, 0.1) is 13.2 Å². The lowest BCUT2D eigenvalue weighted by molar-refractivity contribution is -0.146. The molecule has 0 atom stereocenters. The Morgan fingerprint density at radius 2 is 1.32 bits per heavy atom. The number of rotatable bonds is 14. The van der Waals surface area contributed by atoms with Crippen molar-refractivity contribution in [3.63, 3.8) is 0 Å². The number of ether oxygens (including phenoxy) is 2. The molecule has 0 aromatic heterocycles. The Balaban J connectivity index is 3.35. The molecule has 0 unspecified atom stereocenters. The van der Waals surface area contributed by atoms with Crippen molar-refractivity contribution >= 4 is 11.9 Å². The van der Waals surface area contributed by atoms with Crippen LogP contribution in [0.15, 0.2) is 0 Å². The normalized spacial score (nSPS) is 10.7. The van der Waals surface area contributed by atoms with Crippen molar-refractivity contribution in [2.24, 2.45) is 5.92 Å². The Kier molecular flexibility index (Phi) is 14.1. The molecular formula is C18H34O4. The second-order valence-electron chi connectivity index (χ2n) is 6.24. The predicted octanol–water partition coefficient (Wildman–Crippen LogP) is 4.65. The van der Waals surface area contributed by atoms with Gasteiger partial charge in [0.1, 0.15) is 0 Å². The number of hydrogen-bond acceptors (Lipinski definition) is 4. The zero-order chi connectivity index (χ0) is 16.6. The van der Waals surface area contributed by atoms with E-state index in [1.54, 1.807) is 0 Å². The third kappa shape index (κ3) is 15.3. The summed E-state index contributed by atoms with van der Waals surface area (Å²) in [6.07, 6.45) is 8.83. The predicted molar refractivity (Wildman–Crippen MR) is 88.6 cm³/mol. The van der Waals surface area contributed by atoms with Crippen LogP contribution in [0.5, 0.6) is 0 Å². The van der Waals surface area contributed by atoms with Crippen LogP contribution >= 0.6 is 0 Å². The van der Waals surface area contributed by atoms with Crippen LogP contribution in [0.4, 0.5) is 0 Å². The number of hydrogen-bond donors (Lipinski definition) is 0. The van der Waals surface area contributed by atoms with Crippen molar-refractivity contribution in [2.45, 2.75) is 85.0 Å². The van der Waals surface area contributed by atoms with Crippen LogP contribution in [0.3, 0.4) is 0 Å². The van der Waals surface area contributed by atoms with Gasteiger partial charge in [-0.3, -0.25) is 9.59 Å². The van der Waals surface area contributed by atoms with Crippen molar-refractivity contribution in [3.8, 4) is 0 Å². The Hall–Kier alpha value is -1.06. The molecule has 0 bridgehead atoms. The van der Waals surface area contributed by atoms with E-state index in [2.05, 4.69) is 20.8 Å². The molecule has 4 heteroatoms. The minimum Gasteiger partial charge on any atom is -0.466 e. The quantitative estimate of drug-likeness (QED) is 0.346. The first-order chi connectivity index (χ1) is 10.6. The zero-order valence-corrected chi connectivity index (χ0v) is 14.7. The van der Waals surface area contributed by atoms with Crippen LogP contribution in [-0.4, -0.2) is 25.2 Å². The Morgan fingerprint density at radius 3 is 1.86 bits per heavy atom. The summed E-state index contributed by atoms with van der Waals surface area (Å²) in [5, 5.41) is 0. The molecule has 0 aromatic carbocycles. The first kappa shape index (κ1) is 20.9. The molecule has 130 valence electrons. The number of carbonyl (C=O) groups excluding carboxylic acids is 2. The van der Waals surface area contributed by atoms with E-state index in [0.29, 0.717) is 44.8 Å². The van der Waals surface area contributed by atoms with Crippen molar-refractivity contribution in [3.05, 3.63) is 0 Å². The average Bonchev–Trinajstić information content (AvgIpc) is 2.47. The van der Waals surface area contributed by atoms with Crippen LogP contribution in [0.2, 0.25) is 0 Å². The highest BCUT2D eigenvalue weighted by atomic mass is 16.5. The van der Waals surface area contributed by atoms with Gasteiger partial charge in [-0.25, -0.2) is 0 Å². The van der Waals surface area contributed by atoms with Crippen LogP contribution in [0.25, 0.3) is 0 Å². The summed E-state index contributed by atoms with van der Waals surface area (Å²) in [6, 6.07) is 0. The van der Waals surface area contributed by atoms with Gasteiger partial charge in [0.2, 0.25) is 0 Å². The molecule has 0 saturated carbocycles. The lowest BCUT2D eigenvalue weighted by Gasteiger charge is -2.07. The van der Waals surface area contributed by atoms with E-state index in [-0.39, 0.29) is 11.9 Å². The first-order valence-corrected chi connectivity index (χ1v) is 8.87. The van der Waals surface area contributed by atoms with E-state index in [4.69, 9.17) is 9.47 Å². The molecule has 0 radical (unpaired) electrons. The molecule has 0 aliphatic carbocycles. The summed E-state index contributed by atoms with van der Waals surface area (Å²) in [6.45, 7) is 7.41. The van der Waals surface area contributed by atoms with Crippen molar-refractivity contribution < 1.29 is 19.1 Å². The molecule has 0 heterocycles. The summed E-state index contributed by atoms with van der Waals surface area (Å²) < 4.78 is 10.3. The summed E-state index contributed by atoms with van der Waals surface area (Å²) in [5.74, 6) is 0.234. The molecule has 0 saturated heterocycles. The van der Waals surface area contributed by atoms with E-state index in [1.165, 1.54) is 19.3 Å². The van der Waals surface area contributed by atoms with Gasteiger partial charge in [0.15, 0.2) is 0 Å². The lowest BCUT2D eigenvalue weighted by atomic mass is 10.1. The molecule has 0 fully saturated rings. The Morgan fingerprint density at radius 1 is 0.773 bits per heavy atom. The number of unbranched alkanes of at least 4 members (excludes halogenated alkanes) is 5. The van der Waals surface area contributed by atoms with E-state index in [0.717, 1.165) is 19.3 Å². The first-order valence-electron chi connectivity index (χ1n) is 8.87. The van der Waals surface area contributed by atoms with Crippen LogP contribution < -0.4 is 0 Å². The molecule has 0 N–H and O–H groups in total. The van der Waals surface area contributed by atoms with E-state index in [9.17, 15) is 9.59 Å². The van der Waals surface area contributed by atoms with Crippen molar-refractivity contribution in [2.75, 3.05) is 13.2 Å². The standard InChI is InChI=1S/C18H34O4/c1-4-5-6-7-10-14-21-17(19)11-8-9-12-18(20)22-15-13-16(2)3/h16H,4-15H2,1-3H3. The molecule has 4 nitrogen and oxygen atoms in total. The monoisotopic (exact) mass is 314 g/mol. The van der Waals surface area contributed by atoms with E-state index >= 15 is 0 Å². The summed E-state index contributed by atoms with van der Waals surface area (Å²) in [4.78, 5) is 22.9. The maximum absolute atomic E-state index is 11.5. The molecule has 0 spiro atoms. The second-order valence-corrected chi connectivity index (χ2v) is 6.24. The highest BCUT2D eigenvalue weighted by Crippen LogP contribution is 2.06.